The number of nitrogens with zero attached hydrogens (tertiary/aromatic N) is 1. The van der Waals surface area contributed by atoms with Crippen molar-refractivity contribution in [1.82, 2.24) is 4.90 Å². The van der Waals surface area contributed by atoms with Crippen LogP contribution in [0.2, 0.25) is 0 Å². The van der Waals surface area contributed by atoms with Gasteiger partial charge < -0.3 is 10.6 Å². The highest BCUT2D eigenvalue weighted by Crippen LogP contribution is 2.38. The van der Waals surface area contributed by atoms with Crippen LogP contribution in [0.5, 0.6) is 0 Å². The summed E-state index contributed by atoms with van der Waals surface area (Å²) in [6, 6.07) is 0. The van der Waals surface area contributed by atoms with Crippen molar-refractivity contribution in [1.29, 1.82) is 0 Å². The number of fused-ring (bicyclic) bond motifs is 1. The summed E-state index contributed by atoms with van der Waals surface area (Å²) in [5.74, 6) is 1.68. The Morgan fingerprint density at radius 1 is 1.40 bits per heavy atom. The molecule has 2 fully saturated rings. The van der Waals surface area contributed by atoms with Crippen LogP contribution < -0.4 is 5.73 Å². The standard InChI is InChI=1S/C12H22N2O/c1-3-12(2,13)11(15)14-7-9-5-4-6-10(9)8-14/h9-10H,3-8,13H2,1-2H3. The van der Waals surface area contributed by atoms with Crippen LogP contribution in [0.25, 0.3) is 0 Å². The molecule has 86 valence electrons. The molecular weight excluding hydrogens is 188 g/mol. The lowest BCUT2D eigenvalue weighted by Gasteiger charge is -2.28. The quantitative estimate of drug-likeness (QED) is 0.748. The van der Waals surface area contributed by atoms with Crippen LogP contribution in [0.15, 0.2) is 0 Å². The Bertz CT molecular complexity index is 250. The van der Waals surface area contributed by atoms with E-state index in [1.165, 1.54) is 19.3 Å². The average Bonchev–Trinajstić information content (AvgIpc) is 2.75. The molecule has 0 radical (unpaired) electrons. The van der Waals surface area contributed by atoms with Crippen molar-refractivity contribution in [3.05, 3.63) is 0 Å². The van der Waals surface area contributed by atoms with Crippen molar-refractivity contribution in [2.75, 3.05) is 13.1 Å². The highest BCUT2D eigenvalue weighted by molar-refractivity contribution is 5.85. The minimum atomic E-state index is -0.654. The number of nitrogens with two attached hydrogens (primary N) is 1. The van der Waals surface area contributed by atoms with Crippen LogP contribution in [0.1, 0.15) is 39.5 Å². The van der Waals surface area contributed by atoms with E-state index in [4.69, 9.17) is 5.73 Å². The number of hydrogen-bond donors (Lipinski definition) is 1. The summed E-state index contributed by atoms with van der Waals surface area (Å²) in [6.45, 7) is 5.74. The fraction of sp³-hybridized carbons (Fsp3) is 0.917. The molecule has 2 aliphatic rings. The van der Waals surface area contributed by atoms with Crippen LogP contribution in [0, 0.1) is 11.8 Å². The molecule has 3 heteroatoms. The zero-order valence-corrected chi connectivity index (χ0v) is 9.83. The summed E-state index contributed by atoms with van der Waals surface area (Å²) < 4.78 is 0. The zero-order valence-electron chi connectivity index (χ0n) is 9.83. The second-order valence-corrected chi connectivity index (χ2v) is 5.43. The Hall–Kier alpha value is -0.570. The molecule has 0 aromatic rings. The molecule has 3 atom stereocenters. The Balaban J connectivity index is 1.99. The normalized spacial score (nSPS) is 33.9. The van der Waals surface area contributed by atoms with Crippen molar-refractivity contribution in [3.63, 3.8) is 0 Å². The Morgan fingerprint density at radius 2 is 1.93 bits per heavy atom. The fourth-order valence-corrected chi connectivity index (χ4v) is 2.91. The van der Waals surface area contributed by atoms with Crippen LogP contribution in [-0.2, 0) is 4.79 Å². The molecule has 3 unspecified atom stereocenters. The maximum Gasteiger partial charge on any atom is 0.242 e. The third-order valence-corrected chi connectivity index (χ3v) is 4.24. The fourth-order valence-electron chi connectivity index (χ4n) is 2.91. The number of amides is 1. The molecule has 1 saturated heterocycles. The van der Waals surface area contributed by atoms with Gasteiger partial charge in [-0.1, -0.05) is 13.3 Å². The van der Waals surface area contributed by atoms with Gasteiger partial charge in [-0.2, -0.15) is 0 Å². The van der Waals surface area contributed by atoms with Gasteiger partial charge in [-0.3, -0.25) is 4.79 Å². The van der Waals surface area contributed by atoms with Crippen LogP contribution in [0.3, 0.4) is 0 Å². The first kappa shape index (κ1) is 10.9. The highest BCUT2D eigenvalue weighted by Gasteiger charge is 2.41. The van der Waals surface area contributed by atoms with E-state index in [2.05, 4.69) is 0 Å². The molecule has 15 heavy (non-hydrogen) atoms. The second kappa shape index (κ2) is 3.78. The molecule has 0 bridgehead atoms. The lowest BCUT2D eigenvalue weighted by Crippen LogP contribution is -2.52. The molecule has 0 spiro atoms. The van der Waals surface area contributed by atoms with Gasteiger partial charge in [0.1, 0.15) is 0 Å². The Kier molecular flexibility index (Phi) is 2.75. The van der Waals surface area contributed by atoms with Crippen LogP contribution >= 0.6 is 0 Å². The molecule has 1 amide bonds. The summed E-state index contributed by atoms with van der Waals surface area (Å²) in [5.41, 5.74) is 5.34. The van der Waals surface area contributed by atoms with Gasteiger partial charge in [-0.15, -0.1) is 0 Å². The number of hydrogen-bond acceptors (Lipinski definition) is 2. The van der Waals surface area contributed by atoms with Gasteiger partial charge in [0.15, 0.2) is 0 Å². The summed E-state index contributed by atoms with van der Waals surface area (Å²) >= 11 is 0. The summed E-state index contributed by atoms with van der Waals surface area (Å²) in [4.78, 5) is 14.1. The van der Waals surface area contributed by atoms with Crippen LogP contribution in [0.4, 0.5) is 0 Å². The van der Waals surface area contributed by atoms with Gasteiger partial charge in [0.05, 0.1) is 5.54 Å². The molecular formula is C12H22N2O. The molecule has 1 aliphatic carbocycles. The van der Waals surface area contributed by atoms with Crippen molar-refractivity contribution in [2.45, 2.75) is 45.1 Å². The summed E-state index contributed by atoms with van der Waals surface area (Å²) in [7, 11) is 0. The van der Waals surface area contributed by atoms with Gasteiger partial charge in [0.25, 0.3) is 0 Å². The molecule has 0 aromatic carbocycles. The topological polar surface area (TPSA) is 46.3 Å². The smallest absolute Gasteiger partial charge is 0.242 e. The van der Waals surface area contributed by atoms with Crippen LogP contribution in [-0.4, -0.2) is 29.4 Å². The maximum atomic E-state index is 12.1. The predicted octanol–water partition coefficient (Wildman–Crippen LogP) is 1.37. The van der Waals surface area contributed by atoms with E-state index >= 15 is 0 Å². The van der Waals surface area contributed by atoms with Crippen molar-refractivity contribution in [2.24, 2.45) is 17.6 Å². The van der Waals surface area contributed by atoms with E-state index in [0.29, 0.717) is 0 Å². The minimum Gasteiger partial charge on any atom is -0.341 e. The zero-order chi connectivity index (χ0) is 11.1. The molecule has 3 nitrogen and oxygen atoms in total. The van der Waals surface area contributed by atoms with E-state index < -0.39 is 5.54 Å². The summed E-state index contributed by atoms with van der Waals surface area (Å²) in [6.07, 6.45) is 4.69. The van der Waals surface area contributed by atoms with Gasteiger partial charge in [0, 0.05) is 13.1 Å². The Labute approximate surface area is 92.0 Å². The third kappa shape index (κ3) is 1.89. The average molecular weight is 210 g/mol. The largest absolute Gasteiger partial charge is 0.341 e. The van der Waals surface area contributed by atoms with Crippen molar-refractivity contribution < 1.29 is 4.79 Å². The van der Waals surface area contributed by atoms with Gasteiger partial charge in [-0.25, -0.2) is 0 Å². The molecule has 0 aromatic heterocycles. The first-order valence-corrected chi connectivity index (χ1v) is 6.13. The van der Waals surface area contributed by atoms with E-state index in [1.807, 2.05) is 18.7 Å². The lowest BCUT2D eigenvalue weighted by molar-refractivity contribution is -0.135. The Morgan fingerprint density at radius 3 is 2.40 bits per heavy atom. The van der Waals surface area contributed by atoms with Gasteiger partial charge in [0.2, 0.25) is 5.91 Å². The molecule has 2 N–H and O–H groups in total. The SMILES string of the molecule is CCC(C)(N)C(=O)N1CC2CCCC2C1. The molecule has 1 saturated carbocycles. The second-order valence-electron chi connectivity index (χ2n) is 5.43. The number of carbonyl (C=O) groups excluding carboxylic acids is 1. The van der Waals surface area contributed by atoms with E-state index in [-0.39, 0.29) is 5.91 Å². The van der Waals surface area contributed by atoms with E-state index in [0.717, 1.165) is 31.3 Å². The first-order valence-electron chi connectivity index (χ1n) is 6.13. The highest BCUT2D eigenvalue weighted by atomic mass is 16.2. The minimum absolute atomic E-state index is 0.152. The summed E-state index contributed by atoms with van der Waals surface area (Å²) in [5, 5.41) is 0. The monoisotopic (exact) mass is 210 g/mol. The maximum absolute atomic E-state index is 12.1. The van der Waals surface area contributed by atoms with E-state index in [9.17, 15) is 4.79 Å². The number of rotatable bonds is 2. The lowest BCUT2D eigenvalue weighted by atomic mass is 9.98. The molecule has 2 rings (SSSR count). The number of likely N-dealkylation sites (tertiary alicyclic amines) is 1. The van der Waals surface area contributed by atoms with Gasteiger partial charge >= 0.3 is 0 Å². The number of carbonyl (C=O) groups is 1. The third-order valence-electron chi connectivity index (χ3n) is 4.24. The predicted molar refractivity (Wildman–Crippen MR) is 60.3 cm³/mol. The van der Waals surface area contributed by atoms with Crippen molar-refractivity contribution >= 4 is 5.91 Å². The van der Waals surface area contributed by atoms with E-state index in [1.54, 1.807) is 0 Å². The van der Waals surface area contributed by atoms with Crippen molar-refractivity contribution in [3.8, 4) is 0 Å². The van der Waals surface area contributed by atoms with Gasteiger partial charge in [-0.05, 0) is 38.0 Å². The molecule has 1 aliphatic heterocycles. The molecule has 1 heterocycles. The first-order chi connectivity index (χ1) is 7.04.